The first-order chi connectivity index (χ1) is 15.4. The Kier molecular flexibility index (Phi) is 6.74. The van der Waals surface area contributed by atoms with Gasteiger partial charge < -0.3 is 15.4 Å². The van der Waals surface area contributed by atoms with E-state index in [1.165, 1.54) is 17.4 Å². The highest BCUT2D eigenvalue weighted by atomic mass is 32.1. The highest BCUT2D eigenvalue weighted by molar-refractivity contribution is 7.19. The Balaban J connectivity index is 1.53. The number of halogens is 1. The molecule has 0 saturated heterocycles. The normalized spacial score (nSPS) is 13.9. The van der Waals surface area contributed by atoms with Crippen molar-refractivity contribution in [3.63, 3.8) is 0 Å². The van der Waals surface area contributed by atoms with Crippen LogP contribution in [-0.2, 0) is 11.3 Å². The van der Waals surface area contributed by atoms with Crippen LogP contribution >= 0.6 is 11.3 Å². The third-order valence-electron chi connectivity index (χ3n) is 5.89. The minimum absolute atomic E-state index is 0.0695. The topological polar surface area (TPSA) is 63.2 Å². The van der Waals surface area contributed by atoms with E-state index < -0.39 is 0 Å². The highest BCUT2D eigenvalue weighted by Gasteiger charge is 2.24. The summed E-state index contributed by atoms with van der Waals surface area (Å²) in [5.41, 5.74) is 4.08. The molecule has 0 atom stereocenters. The largest absolute Gasteiger partial charge is 0.495 e. The zero-order valence-electron chi connectivity index (χ0n) is 18.6. The number of methoxy groups -OCH3 is 1. The van der Waals surface area contributed by atoms with Crippen molar-refractivity contribution in [2.24, 2.45) is 5.92 Å². The Morgan fingerprint density at radius 2 is 1.97 bits per heavy atom. The van der Waals surface area contributed by atoms with Gasteiger partial charge in [0.05, 0.1) is 23.4 Å². The van der Waals surface area contributed by atoms with Crippen molar-refractivity contribution in [2.45, 2.75) is 46.1 Å². The number of benzene rings is 2. The highest BCUT2D eigenvalue weighted by Crippen LogP contribution is 2.37. The molecule has 4 rings (SSSR count). The number of aromatic nitrogens is 1. The van der Waals surface area contributed by atoms with Crippen molar-refractivity contribution in [1.82, 2.24) is 4.98 Å². The van der Waals surface area contributed by atoms with Crippen LogP contribution in [0.15, 0.2) is 36.4 Å². The average molecular weight is 454 g/mol. The Bertz CT molecular complexity index is 1120. The molecule has 7 heteroatoms. The molecule has 168 valence electrons. The number of aryl methyl sites for hydroxylation is 2. The second-order valence-corrected chi connectivity index (χ2v) is 9.27. The van der Waals surface area contributed by atoms with Crippen molar-refractivity contribution >= 4 is 28.1 Å². The van der Waals surface area contributed by atoms with Crippen LogP contribution in [0.2, 0.25) is 0 Å². The molecule has 0 radical (unpaired) electrons. The number of nitrogens with one attached hydrogen (secondary N) is 2. The van der Waals surface area contributed by atoms with Crippen LogP contribution in [0.4, 0.5) is 15.2 Å². The first-order valence-corrected chi connectivity index (χ1v) is 11.7. The molecule has 0 spiro atoms. The molecule has 1 heterocycles. The van der Waals surface area contributed by atoms with Gasteiger partial charge in [-0.3, -0.25) is 4.79 Å². The standard InChI is InChI=1S/C25H28FN3O2S/c1-15-8-9-19(20(26)12-15)14-27-21-13-18(10-11-22(21)31-3)23-16(2)28-25(32-23)29-24(30)17-6-4-5-7-17/h8-13,17,27H,4-7,14H2,1-3H3,(H,28,29,30). The smallest absolute Gasteiger partial charge is 0.229 e. The van der Waals surface area contributed by atoms with E-state index in [1.807, 2.05) is 38.1 Å². The number of ether oxygens (including phenoxy) is 1. The van der Waals surface area contributed by atoms with Crippen LogP contribution in [-0.4, -0.2) is 18.0 Å². The van der Waals surface area contributed by atoms with Crippen LogP contribution in [0.3, 0.4) is 0 Å². The lowest BCUT2D eigenvalue weighted by Gasteiger charge is -2.13. The molecule has 1 fully saturated rings. The van der Waals surface area contributed by atoms with Gasteiger partial charge in [-0.2, -0.15) is 0 Å². The van der Waals surface area contributed by atoms with E-state index >= 15 is 0 Å². The van der Waals surface area contributed by atoms with Crippen LogP contribution in [0.5, 0.6) is 5.75 Å². The lowest BCUT2D eigenvalue weighted by Crippen LogP contribution is -2.20. The summed E-state index contributed by atoms with van der Waals surface area (Å²) in [5.74, 6) is 0.619. The number of carbonyl (C=O) groups is 1. The lowest BCUT2D eigenvalue weighted by molar-refractivity contribution is -0.119. The van der Waals surface area contributed by atoms with Crippen molar-refractivity contribution < 1.29 is 13.9 Å². The molecule has 3 aromatic rings. The molecule has 32 heavy (non-hydrogen) atoms. The summed E-state index contributed by atoms with van der Waals surface area (Å²) < 4.78 is 19.7. The van der Waals surface area contributed by atoms with E-state index in [-0.39, 0.29) is 17.6 Å². The zero-order valence-corrected chi connectivity index (χ0v) is 19.4. The third kappa shape index (κ3) is 4.93. The molecule has 0 bridgehead atoms. The molecule has 1 aliphatic carbocycles. The summed E-state index contributed by atoms with van der Waals surface area (Å²) in [5, 5.41) is 6.92. The molecule has 2 N–H and O–H groups in total. The van der Waals surface area contributed by atoms with Gasteiger partial charge in [0, 0.05) is 18.0 Å². The van der Waals surface area contributed by atoms with Crippen LogP contribution < -0.4 is 15.4 Å². The predicted octanol–water partition coefficient (Wildman–Crippen LogP) is 6.32. The number of anilines is 2. The first-order valence-electron chi connectivity index (χ1n) is 10.9. The molecule has 0 aliphatic heterocycles. The van der Waals surface area contributed by atoms with Crippen molar-refractivity contribution in [1.29, 1.82) is 0 Å². The van der Waals surface area contributed by atoms with Crippen molar-refractivity contribution in [2.75, 3.05) is 17.7 Å². The number of rotatable bonds is 7. The van der Waals surface area contributed by atoms with Gasteiger partial charge in [-0.25, -0.2) is 9.37 Å². The summed E-state index contributed by atoms with van der Waals surface area (Å²) in [6.07, 6.45) is 4.15. The predicted molar refractivity (Wildman–Crippen MR) is 128 cm³/mol. The van der Waals surface area contributed by atoms with Gasteiger partial charge in [0.2, 0.25) is 5.91 Å². The minimum Gasteiger partial charge on any atom is -0.495 e. The Labute approximate surface area is 192 Å². The minimum atomic E-state index is -0.228. The molecular formula is C25H28FN3O2S. The summed E-state index contributed by atoms with van der Waals surface area (Å²) in [4.78, 5) is 18.0. The molecule has 1 amide bonds. The number of carbonyl (C=O) groups excluding carboxylic acids is 1. The molecule has 0 unspecified atom stereocenters. The number of hydrogen-bond acceptors (Lipinski definition) is 5. The number of hydrogen-bond donors (Lipinski definition) is 2. The quantitative estimate of drug-likeness (QED) is 0.440. The molecular weight excluding hydrogens is 425 g/mol. The van der Waals surface area contributed by atoms with E-state index in [4.69, 9.17) is 4.74 Å². The maximum absolute atomic E-state index is 14.2. The van der Waals surface area contributed by atoms with Gasteiger partial charge in [-0.05, 0) is 62.1 Å². The fourth-order valence-corrected chi connectivity index (χ4v) is 5.05. The summed E-state index contributed by atoms with van der Waals surface area (Å²) in [6.45, 7) is 4.15. The fraction of sp³-hybridized carbons (Fsp3) is 0.360. The summed E-state index contributed by atoms with van der Waals surface area (Å²) in [7, 11) is 1.61. The van der Waals surface area contributed by atoms with Gasteiger partial charge in [0.25, 0.3) is 0 Å². The molecule has 1 saturated carbocycles. The number of nitrogens with zero attached hydrogens (tertiary/aromatic N) is 1. The Hall–Kier alpha value is -2.93. The third-order valence-corrected chi connectivity index (χ3v) is 7.01. The van der Waals surface area contributed by atoms with Crippen LogP contribution in [0.1, 0.15) is 42.5 Å². The zero-order chi connectivity index (χ0) is 22.7. The van der Waals surface area contributed by atoms with Gasteiger partial charge in [0.1, 0.15) is 11.6 Å². The van der Waals surface area contributed by atoms with E-state index in [1.54, 1.807) is 13.2 Å². The van der Waals surface area contributed by atoms with Crippen LogP contribution in [0.25, 0.3) is 10.4 Å². The van der Waals surface area contributed by atoms with Gasteiger partial charge in [-0.1, -0.05) is 36.3 Å². The lowest BCUT2D eigenvalue weighted by atomic mass is 10.1. The van der Waals surface area contributed by atoms with Crippen molar-refractivity contribution in [3.8, 4) is 16.2 Å². The summed E-state index contributed by atoms with van der Waals surface area (Å²) in [6, 6.07) is 11.1. The van der Waals surface area contributed by atoms with Gasteiger partial charge in [-0.15, -0.1) is 0 Å². The first kappa shape index (κ1) is 22.3. The van der Waals surface area contributed by atoms with E-state index in [0.29, 0.717) is 23.0 Å². The average Bonchev–Trinajstić information content (AvgIpc) is 3.43. The molecule has 1 aliphatic rings. The Morgan fingerprint density at radius 1 is 1.19 bits per heavy atom. The second kappa shape index (κ2) is 9.69. The maximum atomic E-state index is 14.2. The van der Waals surface area contributed by atoms with E-state index in [9.17, 15) is 9.18 Å². The SMILES string of the molecule is COc1ccc(-c2sc(NC(=O)C3CCCC3)nc2C)cc1NCc1ccc(C)cc1F. The monoisotopic (exact) mass is 453 g/mol. The number of amides is 1. The molecule has 2 aromatic carbocycles. The number of thiazole rings is 1. The van der Waals surface area contributed by atoms with E-state index in [0.717, 1.165) is 53.1 Å². The van der Waals surface area contributed by atoms with Crippen molar-refractivity contribution in [3.05, 3.63) is 59.0 Å². The summed E-state index contributed by atoms with van der Waals surface area (Å²) >= 11 is 1.47. The second-order valence-electron chi connectivity index (χ2n) is 8.27. The maximum Gasteiger partial charge on any atom is 0.229 e. The van der Waals surface area contributed by atoms with Gasteiger partial charge >= 0.3 is 0 Å². The molecule has 5 nitrogen and oxygen atoms in total. The van der Waals surface area contributed by atoms with Gasteiger partial charge in [0.15, 0.2) is 5.13 Å². The molecule has 1 aromatic heterocycles. The van der Waals surface area contributed by atoms with E-state index in [2.05, 4.69) is 15.6 Å². The fourth-order valence-electron chi connectivity index (χ4n) is 4.09. The van der Waals surface area contributed by atoms with Crippen LogP contribution in [0, 0.1) is 25.6 Å². The Morgan fingerprint density at radius 3 is 2.69 bits per heavy atom.